The monoisotopic (exact) mass is 318 g/mol. The van der Waals surface area contributed by atoms with E-state index in [1.807, 2.05) is 0 Å². The lowest BCUT2D eigenvalue weighted by molar-refractivity contribution is -0.118. The molecule has 5 nitrogen and oxygen atoms in total. The minimum atomic E-state index is -0.306. The van der Waals surface area contributed by atoms with Crippen LogP contribution >= 0.6 is 11.6 Å². The summed E-state index contributed by atoms with van der Waals surface area (Å²) in [6, 6.07) is 13.7. The number of rotatable bonds is 5. The topological polar surface area (TPSA) is 67.4 Å². The quantitative estimate of drug-likeness (QED) is 0.888. The second kappa shape index (κ2) is 7.47. The first-order valence-corrected chi connectivity index (χ1v) is 6.96. The fourth-order valence-electron chi connectivity index (χ4n) is 1.78. The summed E-state index contributed by atoms with van der Waals surface area (Å²) >= 11 is 5.83. The van der Waals surface area contributed by atoms with Gasteiger partial charge in [0.15, 0.2) is 6.61 Å². The Bertz CT molecular complexity index is 689. The normalized spacial score (nSPS) is 9.91. The molecule has 0 saturated carbocycles. The van der Waals surface area contributed by atoms with Crippen molar-refractivity contribution in [3.8, 4) is 5.75 Å². The number of hydrogen-bond acceptors (Lipinski definition) is 3. The Morgan fingerprint density at radius 2 is 1.73 bits per heavy atom. The average molecular weight is 319 g/mol. The summed E-state index contributed by atoms with van der Waals surface area (Å²) in [7, 11) is 0. The van der Waals surface area contributed by atoms with E-state index in [0.717, 1.165) is 0 Å². The van der Waals surface area contributed by atoms with Crippen molar-refractivity contribution in [2.24, 2.45) is 0 Å². The summed E-state index contributed by atoms with van der Waals surface area (Å²) in [5.74, 6) is 0.0439. The van der Waals surface area contributed by atoms with E-state index in [2.05, 4.69) is 10.6 Å². The van der Waals surface area contributed by atoms with E-state index < -0.39 is 0 Å². The van der Waals surface area contributed by atoms with Gasteiger partial charge in [0.25, 0.3) is 5.91 Å². The summed E-state index contributed by atoms with van der Waals surface area (Å²) < 4.78 is 5.35. The van der Waals surface area contributed by atoms with E-state index in [1.54, 1.807) is 48.5 Å². The van der Waals surface area contributed by atoms with Gasteiger partial charge < -0.3 is 15.4 Å². The third-order valence-corrected chi connectivity index (χ3v) is 2.87. The van der Waals surface area contributed by atoms with Crippen LogP contribution in [0.25, 0.3) is 0 Å². The SMILES string of the molecule is CC(=O)Nc1cccc(NC(=O)COc2cccc(Cl)c2)c1. The molecular weight excluding hydrogens is 304 g/mol. The van der Waals surface area contributed by atoms with Gasteiger partial charge in [0.05, 0.1) is 0 Å². The summed E-state index contributed by atoms with van der Waals surface area (Å²) in [6.07, 6.45) is 0. The van der Waals surface area contributed by atoms with E-state index in [-0.39, 0.29) is 18.4 Å². The van der Waals surface area contributed by atoms with Gasteiger partial charge in [-0.15, -0.1) is 0 Å². The first-order chi connectivity index (χ1) is 10.5. The molecular formula is C16H15ClN2O3. The number of nitrogens with one attached hydrogen (secondary N) is 2. The summed E-state index contributed by atoms with van der Waals surface area (Å²) in [4.78, 5) is 22.9. The Kier molecular flexibility index (Phi) is 5.38. The van der Waals surface area contributed by atoms with Crippen molar-refractivity contribution >= 4 is 34.8 Å². The largest absolute Gasteiger partial charge is 0.484 e. The van der Waals surface area contributed by atoms with Crippen molar-refractivity contribution in [3.63, 3.8) is 0 Å². The zero-order valence-corrected chi connectivity index (χ0v) is 12.7. The highest BCUT2D eigenvalue weighted by molar-refractivity contribution is 6.30. The van der Waals surface area contributed by atoms with Gasteiger partial charge in [0, 0.05) is 23.3 Å². The fraction of sp³-hybridized carbons (Fsp3) is 0.125. The van der Waals surface area contributed by atoms with Gasteiger partial charge in [0.2, 0.25) is 5.91 Å². The molecule has 0 aliphatic carbocycles. The number of hydrogen-bond donors (Lipinski definition) is 2. The molecule has 0 fully saturated rings. The fourth-order valence-corrected chi connectivity index (χ4v) is 1.96. The molecule has 0 heterocycles. The Hall–Kier alpha value is -2.53. The predicted molar refractivity (Wildman–Crippen MR) is 86.3 cm³/mol. The van der Waals surface area contributed by atoms with Crippen molar-refractivity contribution in [1.82, 2.24) is 0 Å². The summed E-state index contributed by atoms with van der Waals surface area (Å²) in [6.45, 7) is 1.29. The van der Waals surface area contributed by atoms with Crippen LogP contribution in [0.5, 0.6) is 5.75 Å². The van der Waals surface area contributed by atoms with Crippen molar-refractivity contribution in [2.45, 2.75) is 6.92 Å². The minimum Gasteiger partial charge on any atom is -0.484 e. The molecule has 0 atom stereocenters. The van der Waals surface area contributed by atoms with Crippen LogP contribution in [-0.2, 0) is 9.59 Å². The average Bonchev–Trinajstić information content (AvgIpc) is 2.45. The molecule has 0 bridgehead atoms. The molecule has 2 aromatic carbocycles. The van der Waals surface area contributed by atoms with Crippen molar-refractivity contribution < 1.29 is 14.3 Å². The number of amides is 2. The van der Waals surface area contributed by atoms with Gasteiger partial charge in [-0.05, 0) is 36.4 Å². The van der Waals surface area contributed by atoms with Crippen LogP contribution in [0.15, 0.2) is 48.5 Å². The molecule has 2 N–H and O–H groups in total. The lowest BCUT2D eigenvalue weighted by atomic mass is 10.2. The molecule has 114 valence electrons. The molecule has 0 saturated heterocycles. The molecule has 0 radical (unpaired) electrons. The van der Waals surface area contributed by atoms with E-state index in [4.69, 9.17) is 16.3 Å². The summed E-state index contributed by atoms with van der Waals surface area (Å²) in [5.41, 5.74) is 1.19. The number of benzene rings is 2. The van der Waals surface area contributed by atoms with Crippen LogP contribution < -0.4 is 15.4 Å². The van der Waals surface area contributed by atoms with Gasteiger partial charge in [-0.1, -0.05) is 23.7 Å². The number of carbonyl (C=O) groups is 2. The molecule has 0 unspecified atom stereocenters. The standard InChI is InChI=1S/C16H15ClN2O3/c1-11(20)18-13-5-3-6-14(9-13)19-16(21)10-22-15-7-2-4-12(17)8-15/h2-9H,10H2,1H3,(H,18,20)(H,19,21). The highest BCUT2D eigenvalue weighted by atomic mass is 35.5. The predicted octanol–water partition coefficient (Wildman–Crippen LogP) is 3.32. The Labute approximate surface area is 133 Å². The lowest BCUT2D eigenvalue weighted by Gasteiger charge is -2.09. The third kappa shape index (κ3) is 5.10. The number of ether oxygens (including phenoxy) is 1. The summed E-state index contributed by atoms with van der Waals surface area (Å²) in [5, 5.41) is 5.88. The number of carbonyl (C=O) groups excluding carboxylic acids is 2. The van der Waals surface area contributed by atoms with E-state index >= 15 is 0 Å². The molecule has 0 aromatic heterocycles. The molecule has 2 aromatic rings. The number of halogens is 1. The second-order valence-electron chi connectivity index (χ2n) is 4.56. The van der Waals surface area contributed by atoms with Crippen LogP contribution in [0.1, 0.15) is 6.92 Å². The molecule has 6 heteroatoms. The van der Waals surface area contributed by atoms with Crippen molar-refractivity contribution in [2.75, 3.05) is 17.2 Å². The highest BCUT2D eigenvalue weighted by Crippen LogP contribution is 2.18. The molecule has 0 aliphatic heterocycles. The molecule has 0 spiro atoms. The van der Waals surface area contributed by atoms with Crippen LogP contribution in [0.3, 0.4) is 0 Å². The first kappa shape index (κ1) is 15.9. The highest BCUT2D eigenvalue weighted by Gasteiger charge is 2.05. The first-order valence-electron chi connectivity index (χ1n) is 6.59. The smallest absolute Gasteiger partial charge is 0.262 e. The second-order valence-corrected chi connectivity index (χ2v) is 4.99. The van der Waals surface area contributed by atoms with Gasteiger partial charge in [-0.3, -0.25) is 9.59 Å². The molecule has 22 heavy (non-hydrogen) atoms. The van der Waals surface area contributed by atoms with Crippen LogP contribution in [0.2, 0.25) is 5.02 Å². The van der Waals surface area contributed by atoms with Gasteiger partial charge in [-0.25, -0.2) is 0 Å². The number of anilines is 2. The third-order valence-electron chi connectivity index (χ3n) is 2.63. The van der Waals surface area contributed by atoms with E-state index in [1.165, 1.54) is 6.92 Å². The van der Waals surface area contributed by atoms with E-state index in [0.29, 0.717) is 22.1 Å². The zero-order valence-electron chi connectivity index (χ0n) is 11.9. The van der Waals surface area contributed by atoms with Crippen molar-refractivity contribution in [3.05, 3.63) is 53.6 Å². The van der Waals surface area contributed by atoms with E-state index in [9.17, 15) is 9.59 Å². The maximum absolute atomic E-state index is 11.8. The minimum absolute atomic E-state index is 0.134. The maximum Gasteiger partial charge on any atom is 0.262 e. The zero-order chi connectivity index (χ0) is 15.9. The Balaban J connectivity index is 1.90. The Morgan fingerprint density at radius 1 is 1.05 bits per heavy atom. The van der Waals surface area contributed by atoms with Gasteiger partial charge in [0.1, 0.15) is 5.75 Å². The van der Waals surface area contributed by atoms with Crippen molar-refractivity contribution in [1.29, 1.82) is 0 Å². The van der Waals surface area contributed by atoms with Gasteiger partial charge >= 0.3 is 0 Å². The van der Waals surface area contributed by atoms with Crippen LogP contribution in [-0.4, -0.2) is 18.4 Å². The lowest BCUT2D eigenvalue weighted by Crippen LogP contribution is -2.20. The molecule has 2 rings (SSSR count). The molecule has 2 amide bonds. The van der Waals surface area contributed by atoms with Crippen LogP contribution in [0, 0.1) is 0 Å². The maximum atomic E-state index is 11.8. The van der Waals surface area contributed by atoms with Crippen LogP contribution in [0.4, 0.5) is 11.4 Å². The van der Waals surface area contributed by atoms with Gasteiger partial charge in [-0.2, -0.15) is 0 Å². The Morgan fingerprint density at radius 3 is 2.41 bits per heavy atom. The molecule has 0 aliphatic rings.